The second-order valence-electron chi connectivity index (χ2n) is 4.67. The zero-order chi connectivity index (χ0) is 14.9. The Hall–Kier alpha value is -2.09. The van der Waals surface area contributed by atoms with E-state index in [9.17, 15) is 14.9 Å². The van der Waals surface area contributed by atoms with Crippen molar-refractivity contribution >= 4 is 29.2 Å². The average molecular weight is 295 g/mol. The second-order valence-corrected chi connectivity index (χ2v) is 6.27. The van der Waals surface area contributed by atoms with E-state index in [1.54, 1.807) is 38.2 Å². The molecular weight excluding hydrogens is 282 g/mol. The van der Waals surface area contributed by atoms with Crippen LogP contribution < -0.4 is 0 Å². The van der Waals surface area contributed by atoms with Crippen molar-refractivity contribution < 1.29 is 14.8 Å². The first kappa shape index (κ1) is 14.3. The van der Waals surface area contributed by atoms with Gasteiger partial charge in [0.15, 0.2) is 0 Å². The van der Waals surface area contributed by atoms with Gasteiger partial charge in [0.05, 0.1) is 6.20 Å². The zero-order valence-electron chi connectivity index (χ0n) is 10.9. The SMILES string of the molecule is CC(C)(SCc1nc2ccccn2c1[N+](=O)[O-])C(=O)O. The minimum Gasteiger partial charge on any atom is -0.480 e. The van der Waals surface area contributed by atoms with E-state index < -0.39 is 15.6 Å². The molecule has 0 spiro atoms. The van der Waals surface area contributed by atoms with Gasteiger partial charge >= 0.3 is 11.8 Å². The second kappa shape index (κ2) is 5.12. The predicted octanol–water partition coefficient (Wildman–Crippen LogP) is 2.34. The molecule has 0 aliphatic carbocycles. The van der Waals surface area contributed by atoms with Crippen molar-refractivity contribution in [3.05, 3.63) is 40.2 Å². The van der Waals surface area contributed by atoms with Gasteiger partial charge in [-0.1, -0.05) is 6.07 Å². The Kier molecular flexibility index (Phi) is 3.67. The van der Waals surface area contributed by atoms with Gasteiger partial charge in [0.2, 0.25) is 5.65 Å². The molecule has 0 aromatic carbocycles. The highest BCUT2D eigenvalue weighted by Crippen LogP contribution is 2.31. The molecule has 20 heavy (non-hydrogen) atoms. The highest BCUT2D eigenvalue weighted by molar-refractivity contribution is 8.00. The molecule has 1 N–H and O–H groups in total. The molecule has 0 bridgehead atoms. The van der Waals surface area contributed by atoms with Crippen molar-refractivity contribution in [2.24, 2.45) is 0 Å². The third kappa shape index (κ3) is 2.60. The highest BCUT2D eigenvalue weighted by atomic mass is 32.2. The molecule has 8 heteroatoms. The number of rotatable bonds is 5. The molecule has 7 nitrogen and oxygen atoms in total. The monoisotopic (exact) mass is 295 g/mol. The molecule has 2 aromatic rings. The quantitative estimate of drug-likeness (QED) is 0.671. The van der Waals surface area contributed by atoms with E-state index >= 15 is 0 Å². The van der Waals surface area contributed by atoms with Crippen LogP contribution >= 0.6 is 11.8 Å². The molecule has 0 unspecified atom stereocenters. The lowest BCUT2D eigenvalue weighted by Gasteiger charge is -2.17. The van der Waals surface area contributed by atoms with Crippen LogP contribution in [-0.4, -0.2) is 30.1 Å². The number of carboxylic acid groups (broad SMARTS) is 1. The number of nitrogens with zero attached hydrogens (tertiary/aromatic N) is 3. The molecule has 0 saturated heterocycles. The molecule has 2 aromatic heterocycles. The van der Waals surface area contributed by atoms with Gasteiger partial charge in [0.1, 0.15) is 10.4 Å². The number of hydrogen-bond donors (Lipinski definition) is 1. The highest BCUT2D eigenvalue weighted by Gasteiger charge is 2.30. The molecule has 0 fully saturated rings. The molecule has 0 amide bonds. The van der Waals surface area contributed by atoms with Gasteiger partial charge in [-0.15, -0.1) is 11.8 Å². The molecule has 0 saturated carbocycles. The number of aliphatic carboxylic acids is 1. The van der Waals surface area contributed by atoms with Crippen molar-refractivity contribution in [3.8, 4) is 0 Å². The van der Waals surface area contributed by atoms with Crippen LogP contribution in [0.1, 0.15) is 19.5 Å². The van der Waals surface area contributed by atoms with Crippen LogP contribution in [-0.2, 0) is 10.5 Å². The number of aromatic nitrogens is 2. The molecule has 0 radical (unpaired) electrons. The minimum atomic E-state index is -1.02. The van der Waals surface area contributed by atoms with Gasteiger partial charge in [-0.3, -0.25) is 4.79 Å². The molecule has 0 aliphatic rings. The Bertz CT molecular complexity index is 680. The third-order valence-electron chi connectivity index (χ3n) is 2.83. The molecular formula is C12H13N3O4S. The minimum absolute atomic E-state index is 0.116. The van der Waals surface area contributed by atoms with Crippen molar-refractivity contribution in [2.45, 2.75) is 24.3 Å². The topological polar surface area (TPSA) is 97.7 Å². The summed E-state index contributed by atoms with van der Waals surface area (Å²) in [5.74, 6) is -0.916. The lowest BCUT2D eigenvalue weighted by Crippen LogP contribution is -2.27. The summed E-state index contributed by atoms with van der Waals surface area (Å²) < 4.78 is 0.368. The Labute approximate surface area is 118 Å². The van der Waals surface area contributed by atoms with Crippen LogP contribution in [0.4, 0.5) is 5.82 Å². The fraction of sp³-hybridized carbons (Fsp3) is 0.333. The number of thioether (sulfide) groups is 1. The fourth-order valence-electron chi connectivity index (χ4n) is 1.63. The maximum absolute atomic E-state index is 11.2. The molecule has 0 aliphatic heterocycles. The first-order valence-corrected chi connectivity index (χ1v) is 6.79. The lowest BCUT2D eigenvalue weighted by atomic mass is 10.2. The van der Waals surface area contributed by atoms with Crippen molar-refractivity contribution in [1.29, 1.82) is 0 Å². The summed E-state index contributed by atoms with van der Waals surface area (Å²) in [6.45, 7) is 3.11. The number of hydrogen-bond acceptors (Lipinski definition) is 5. The maximum Gasteiger partial charge on any atom is 0.351 e. The van der Waals surface area contributed by atoms with Crippen LogP contribution in [0.3, 0.4) is 0 Å². The molecule has 106 valence electrons. The van der Waals surface area contributed by atoms with Crippen LogP contribution in [0.15, 0.2) is 24.4 Å². The number of carboxylic acids is 1. The van der Waals surface area contributed by atoms with Crippen LogP contribution in [0.25, 0.3) is 5.65 Å². The summed E-state index contributed by atoms with van der Waals surface area (Å²) in [7, 11) is 0. The van der Waals surface area contributed by atoms with E-state index in [2.05, 4.69) is 4.98 Å². The summed E-state index contributed by atoms with van der Waals surface area (Å²) in [6.07, 6.45) is 1.57. The lowest BCUT2D eigenvalue weighted by molar-refractivity contribution is -0.391. The Balaban J connectivity index is 2.37. The zero-order valence-corrected chi connectivity index (χ0v) is 11.8. The van der Waals surface area contributed by atoms with Crippen LogP contribution in [0, 0.1) is 10.1 Å². The molecule has 2 rings (SSSR count). The Morgan fingerprint density at radius 3 is 2.85 bits per heavy atom. The van der Waals surface area contributed by atoms with Crippen molar-refractivity contribution in [1.82, 2.24) is 9.38 Å². The number of pyridine rings is 1. The maximum atomic E-state index is 11.2. The number of nitro groups is 1. The van der Waals surface area contributed by atoms with Crippen LogP contribution in [0.2, 0.25) is 0 Å². The normalized spacial score (nSPS) is 11.7. The van der Waals surface area contributed by atoms with E-state index in [1.165, 1.54) is 4.40 Å². The number of carbonyl (C=O) groups is 1. The van der Waals surface area contributed by atoms with Crippen molar-refractivity contribution in [2.75, 3.05) is 0 Å². The van der Waals surface area contributed by atoms with Gasteiger partial charge < -0.3 is 15.2 Å². The molecule has 0 atom stereocenters. The van der Waals surface area contributed by atoms with E-state index in [1.807, 2.05) is 0 Å². The van der Waals surface area contributed by atoms with Gasteiger partial charge in [-0.05, 0) is 24.8 Å². The summed E-state index contributed by atoms with van der Waals surface area (Å²) in [5.41, 5.74) is 0.753. The number of fused-ring (bicyclic) bond motifs is 1. The average Bonchev–Trinajstić information content (AvgIpc) is 2.74. The van der Waals surface area contributed by atoms with Gasteiger partial charge in [-0.2, -0.15) is 4.40 Å². The van der Waals surface area contributed by atoms with E-state index in [4.69, 9.17) is 5.11 Å². The summed E-state index contributed by atoms with van der Waals surface area (Å²) in [5, 5.41) is 20.2. The van der Waals surface area contributed by atoms with Gasteiger partial charge in [0.25, 0.3) is 0 Å². The van der Waals surface area contributed by atoms with Gasteiger partial charge in [-0.25, -0.2) is 4.98 Å². The first-order valence-electron chi connectivity index (χ1n) is 5.80. The summed E-state index contributed by atoms with van der Waals surface area (Å²) in [6, 6.07) is 5.09. The number of imidazole rings is 1. The Morgan fingerprint density at radius 2 is 2.25 bits per heavy atom. The largest absolute Gasteiger partial charge is 0.480 e. The first-order chi connectivity index (χ1) is 9.33. The summed E-state index contributed by atoms with van der Waals surface area (Å²) in [4.78, 5) is 25.9. The fourth-order valence-corrected chi connectivity index (χ4v) is 2.45. The van der Waals surface area contributed by atoms with Crippen molar-refractivity contribution in [3.63, 3.8) is 0 Å². The van der Waals surface area contributed by atoms with E-state index in [0.29, 0.717) is 5.65 Å². The molecule has 2 heterocycles. The smallest absolute Gasteiger partial charge is 0.351 e. The Morgan fingerprint density at radius 1 is 1.55 bits per heavy atom. The predicted molar refractivity (Wildman–Crippen MR) is 74.9 cm³/mol. The van der Waals surface area contributed by atoms with E-state index in [0.717, 1.165) is 11.8 Å². The van der Waals surface area contributed by atoms with Crippen LogP contribution in [0.5, 0.6) is 0 Å². The van der Waals surface area contributed by atoms with E-state index in [-0.39, 0.29) is 17.3 Å². The summed E-state index contributed by atoms with van der Waals surface area (Å²) >= 11 is 1.11. The third-order valence-corrected chi connectivity index (χ3v) is 4.15. The standard InChI is InChI=1S/C12H13N3O4S/c1-12(2,11(16)17)20-7-8-10(15(18)19)14-6-4-3-5-9(14)13-8/h3-6H,7H2,1-2H3,(H,16,17). The van der Waals surface area contributed by atoms with Gasteiger partial charge in [0, 0.05) is 11.8 Å².